The van der Waals surface area contributed by atoms with Crippen molar-refractivity contribution in [3.05, 3.63) is 94.6 Å². The second-order valence-electron chi connectivity index (χ2n) is 6.37. The smallest absolute Gasteiger partial charge is 0.282 e. The van der Waals surface area contributed by atoms with Crippen LogP contribution in [0.3, 0.4) is 0 Å². The van der Waals surface area contributed by atoms with Crippen LogP contribution in [-0.2, 0) is 9.59 Å². The molecule has 5 nitrogen and oxygen atoms in total. The van der Waals surface area contributed by atoms with Crippen molar-refractivity contribution in [1.29, 1.82) is 0 Å². The molecule has 1 aliphatic rings. The summed E-state index contributed by atoms with van der Waals surface area (Å²) in [5, 5.41) is 3.14. The van der Waals surface area contributed by atoms with Gasteiger partial charge in [0.1, 0.15) is 11.4 Å². The normalized spacial score (nSPS) is 13.8. The highest BCUT2D eigenvalue weighted by molar-refractivity contribution is 9.10. The first-order valence-corrected chi connectivity index (χ1v) is 9.73. The van der Waals surface area contributed by atoms with Crippen LogP contribution in [0.2, 0.25) is 0 Å². The number of rotatable bonds is 5. The lowest BCUT2D eigenvalue weighted by Crippen LogP contribution is -2.32. The second kappa shape index (κ2) is 7.93. The molecule has 1 N–H and O–H groups in total. The Kier molecular flexibility index (Phi) is 5.18. The average molecular weight is 449 g/mol. The number of para-hydroxylation sites is 2. The molecular formula is C23H17BrN2O3. The van der Waals surface area contributed by atoms with Crippen LogP contribution in [-0.4, -0.2) is 18.9 Å². The van der Waals surface area contributed by atoms with Gasteiger partial charge in [-0.15, -0.1) is 0 Å². The number of imide groups is 1. The van der Waals surface area contributed by atoms with Crippen LogP contribution in [0.15, 0.2) is 89.0 Å². The quantitative estimate of drug-likeness (QED) is 0.566. The maximum absolute atomic E-state index is 13.4. The minimum absolute atomic E-state index is 0.210. The summed E-state index contributed by atoms with van der Waals surface area (Å²) in [6, 6.07) is 23.5. The lowest BCUT2D eigenvalue weighted by Gasteiger charge is -2.15. The standard InChI is InChI=1S/C23H17BrN2O3/c1-29-19-13-6-5-12-18(19)20-21(25-16-9-7-8-15(24)14-16)23(28)26(22(20)27)17-10-3-2-4-11-17/h2-14,25H,1H3. The van der Waals surface area contributed by atoms with Crippen LogP contribution in [0.25, 0.3) is 5.57 Å². The van der Waals surface area contributed by atoms with E-state index in [0.29, 0.717) is 22.7 Å². The minimum atomic E-state index is -0.415. The highest BCUT2D eigenvalue weighted by atomic mass is 79.9. The van der Waals surface area contributed by atoms with Crippen molar-refractivity contribution in [2.24, 2.45) is 0 Å². The molecule has 0 unspecified atom stereocenters. The third-order valence-electron chi connectivity index (χ3n) is 4.57. The SMILES string of the molecule is COc1ccccc1C1=C(Nc2cccc(Br)c2)C(=O)N(c2ccccc2)C1=O. The van der Waals surface area contributed by atoms with Crippen LogP contribution in [0.5, 0.6) is 5.75 Å². The molecule has 3 aromatic carbocycles. The van der Waals surface area contributed by atoms with E-state index in [2.05, 4.69) is 21.2 Å². The Morgan fingerprint density at radius 2 is 1.59 bits per heavy atom. The average Bonchev–Trinajstić information content (AvgIpc) is 2.98. The number of nitrogens with one attached hydrogen (secondary N) is 1. The van der Waals surface area contributed by atoms with Crippen LogP contribution >= 0.6 is 15.9 Å². The number of carbonyl (C=O) groups excluding carboxylic acids is 2. The Morgan fingerprint density at radius 1 is 0.862 bits per heavy atom. The summed E-state index contributed by atoms with van der Waals surface area (Å²) in [7, 11) is 1.54. The Labute approximate surface area is 176 Å². The molecule has 4 rings (SSSR count). The predicted molar refractivity (Wildman–Crippen MR) is 117 cm³/mol. The van der Waals surface area contributed by atoms with E-state index in [1.165, 1.54) is 12.0 Å². The number of hydrogen-bond donors (Lipinski definition) is 1. The summed E-state index contributed by atoms with van der Waals surface area (Å²) >= 11 is 3.43. The highest BCUT2D eigenvalue weighted by Gasteiger charge is 2.41. The van der Waals surface area contributed by atoms with E-state index in [9.17, 15) is 9.59 Å². The van der Waals surface area contributed by atoms with Gasteiger partial charge >= 0.3 is 0 Å². The lowest BCUT2D eigenvalue weighted by molar-refractivity contribution is -0.120. The molecular weight excluding hydrogens is 432 g/mol. The molecule has 1 aliphatic heterocycles. The molecule has 144 valence electrons. The van der Waals surface area contributed by atoms with Crippen LogP contribution in [0, 0.1) is 0 Å². The minimum Gasteiger partial charge on any atom is -0.496 e. The monoisotopic (exact) mass is 448 g/mol. The molecule has 0 atom stereocenters. The van der Waals surface area contributed by atoms with Gasteiger partial charge in [-0.2, -0.15) is 0 Å². The van der Waals surface area contributed by atoms with Crippen molar-refractivity contribution in [3.8, 4) is 5.75 Å². The van der Waals surface area contributed by atoms with Crippen molar-refractivity contribution < 1.29 is 14.3 Å². The fourth-order valence-corrected chi connectivity index (χ4v) is 3.67. The van der Waals surface area contributed by atoms with Gasteiger partial charge in [0.25, 0.3) is 11.8 Å². The van der Waals surface area contributed by atoms with Gasteiger partial charge in [-0.05, 0) is 36.4 Å². The Hall–Kier alpha value is -3.38. The summed E-state index contributed by atoms with van der Waals surface area (Å²) in [6.07, 6.45) is 0. The van der Waals surface area contributed by atoms with Crippen molar-refractivity contribution in [2.75, 3.05) is 17.3 Å². The molecule has 0 saturated heterocycles. The van der Waals surface area contributed by atoms with Crippen LogP contribution in [0.4, 0.5) is 11.4 Å². The molecule has 6 heteroatoms. The number of amides is 2. The van der Waals surface area contributed by atoms with Crippen molar-refractivity contribution in [3.63, 3.8) is 0 Å². The first kappa shape index (κ1) is 19.0. The van der Waals surface area contributed by atoms with Crippen molar-refractivity contribution in [2.45, 2.75) is 0 Å². The largest absolute Gasteiger partial charge is 0.496 e. The van der Waals surface area contributed by atoms with E-state index < -0.39 is 11.8 Å². The van der Waals surface area contributed by atoms with E-state index >= 15 is 0 Å². The molecule has 0 aromatic heterocycles. The van der Waals surface area contributed by atoms with Gasteiger partial charge in [-0.25, -0.2) is 4.90 Å². The molecule has 3 aromatic rings. The zero-order valence-corrected chi connectivity index (χ0v) is 17.1. The summed E-state index contributed by atoms with van der Waals surface area (Å²) in [6.45, 7) is 0. The molecule has 0 saturated carbocycles. The number of nitrogens with zero attached hydrogens (tertiary/aromatic N) is 1. The number of benzene rings is 3. The molecule has 1 heterocycles. The highest BCUT2D eigenvalue weighted by Crippen LogP contribution is 2.37. The zero-order valence-electron chi connectivity index (χ0n) is 15.6. The van der Waals surface area contributed by atoms with Gasteiger partial charge in [0.15, 0.2) is 0 Å². The number of ether oxygens (including phenoxy) is 1. The van der Waals surface area contributed by atoms with E-state index in [1.54, 1.807) is 36.4 Å². The summed E-state index contributed by atoms with van der Waals surface area (Å²) in [5.74, 6) is -0.294. The Balaban J connectivity index is 1.87. The molecule has 29 heavy (non-hydrogen) atoms. The zero-order chi connectivity index (χ0) is 20.4. The predicted octanol–water partition coefficient (Wildman–Crippen LogP) is 4.85. The molecule has 2 amide bonds. The van der Waals surface area contributed by atoms with Crippen molar-refractivity contribution >= 4 is 44.7 Å². The molecule has 0 aliphatic carbocycles. The summed E-state index contributed by atoms with van der Waals surface area (Å²) < 4.78 is 6.31. The van der Waals surface area contributed by atoms with E-state index in [1.807, 2.05) is 42.5 Å². The number of carbonyl (C=O) groups is 2. The number of hydrogen-bond acceptors (Lipinski definition) is 4. The van der Waals surface area contributed by atoms with Gasteiger partial charge < -0.3 is 10.1 Å². The molecule has 0 bridgehead atoms. The van der Waals surface area contributed by atoms with E-state index in [0.717, 1.165) is 4.47 Å². The topological polar surface area (TPSA) is 58.6 Å². The summed E-state index contributed by atoms with van der Waals surface area (Å²) in [5.41, 5.74) is 2.25. The Bertz CT molecular complexity index is 1130. The first-order chi connectivity index (χ1) is 14.1. The number of anilines is 2. The van der Waals surface area contributed by atoms with Gasteiger partial charge in [0.2, 0.25) is 0 Å². The molecule has 0 spiro atoms. The fourth-order valence-electron chi connectivity index (χ4n) is 3.27. The van der Waals surface area contributed by atoms with Crippen LogP contribution in [0.1, 0.15) is 5.56 Å². The van der Waals surface area contributed by atoms with Gasteiger partial charge in [0.05, 0.1) is 18.4 Å². The summed E-state index contributed by atoms with van der Waals surface area (Å²) in [4.78, 5) is 27.9. The first-order valence-electron chi connectivity index (χ1n) is 8.94. The maximum atomic E-state index is 13.4. The maximum Gasteiger partial charge on any atom is 0.282 e. The van der Waals surface area contributed by atoms with Gasteiger partial charge in [0, 0.05) is 15.7 Å². The molecule has 0 fully saturated rings. The third kappa shape index (κ3) is 3.54. The number of methoxy groups -OCH3 is 1. The third-order valence-corrected chi connectivity index (χ3v) is 5.06. The van der Waals surface area contributed by atoms with E-state index in [-0.39, 0.29) is 11.3 Å². The van der Waals surface area contributed by atoms with Crippen molar-refractivity contribution in [1.82, 2.24) is 0 Å². The van der Waals surface area contributed by atoms with Gasteiger partial charge in [-0.1, -0.05) is 58.4 Å². The Morgan fingerprint density at radius 3 is 2.31 bits per heavy atom. The fraction of sp³-hybridized carbons (Fsp3) is 0.0435. The lowest BCUT2D eigenvalue weighted by atomic mass is 10.0. The van der Waals surface area contributed by atoms with Crippen LogP contribution < -0.4 is 15.0 Å². The van der Waals surface area contributed by atoms with Gasteiger partial charge in [-0.3, -0.25) is 9.59 Å². The van der Waals surface area contributed by atoms with E-state index in [4.69, 9.17) is 4.74 Å². The number of halogens is 1. The molecule has 0 radical (unpaired) electrons. The second-order valence-corrected chi connectivity index (χ2v) is 7.28.